The van der Waals surface area contributed by atoms with Gasteiger partial charge in [-0.05, 0) is 0 Å². The van der Waals surface area contributed by atoms with E-state index in [4.69, 9.17) is 5.11 Å². The lowest BCUT2D eigenvalue weighted by atomic mass is 10.2. The quantitative estimate of drug-likeness (QED) is 0.829. The molecule has 0 spiro atoms. The lowest BCUT2D eigenvalue weighted by Gasteiger charge is -2.06. The summed E-state index contributed by atoms with van der Waals surface area (Å²) in [5.41, 5.74) is -2.40. The van der Waals surface area contributed by atoms with Crippen LogP contribution in [0.2, 0.25) is 0 Å². The highest BCUT2D eigenvalue weighted by Crippen LogP contribution is 2.29. The maximum atomic E-state index is 12.4. The molecule has 0 amide bonds. The highest BCUT2D eigenvalue weighted by molar-refractivity contribution is 7.13. The predicted octanol–water partition coefficient (Wildman–Crippen LogP) is 2.31. The molecule has 17 heavy (non-hydrogen) atoms. The van der Waals surface area contributed by atoms with Crippen LogP contribution in [-0.2, 0) is 6.18 Å². The summed E-state index contributed by atoms with van der Waals surface area (Å²) in [6, 6.07) is 0.417. The van der Waals surface area contributed by atoms with Crippen molar-refractivity contribution in [2.75, 3.05) is 0 Å². The van der Waals surface area contributed by atoms with Crippen molar-refractivity contribution in [3.05, 3.63) is 32.2 Å². The van der Waals surface area contributed by atoms with Crippen LogP contribution in [0.4, 0.5) is 13.2 Å². The van der Waals surface area contributed by atoms with Gasteiger partial charge in [0.2, 0.25) is 0 Å². The van der Waals surface area contributed by atoms with Crippen molar-refractivity contribution in [3.63, 3.8) is 0 Å². The van der Waals surface area contributed by atoms with Gasteiger partial charge in [-0.15, -0.1) is 11.3 Å². The fraction of sp³-hybridized carbons (Fsp3) is 0.111. The number of thiophene rings is 1. The third-order valence-electron chi connectivity index (χ3n) is 2.09. The molecule has 2 rings (SSSR count). The number of aromatic amines is 1. The topological polar surface area (TPSA) is 70.2 Å². The molecule has 0 bridgehead atoms. The lowest BCUT2D eigenvalue weighted by molar-refractivity contribution is -0.141. The average Bonchev–Trinajstić information content (AvgIpc) is 2.60. The number of hydrogen-bond acceptors (Lipinski definition) is 3. The molecule has 0 saturated heterocycles. The van der Waals surface area contributed by atoms with Crippen LogP contribution < -0.4 is 5.43 Å². The van der Waals surface area contributed by atoms with Crippen molar-refractivity contribution >= 4 is 28.2 Å². The smallest absolute Gasteiger partial charge is 0.431 e. The summed E-state index contributed by atoms with van der Waals surface area (Å²) < 4.78 is 37.3. The van der Waals surface area contributed by atoms with E-state index >= 15 is 0 Å². The molecule has 0 aromatic carbocycles. The summed E-state index contributed by atoms with van der Waals surface area (Å²) in [5.74, 6) is -1.38. The zero-order valence-corrected chi connectivity index (χ0v) is 8.78. The molecule has 0 radical (unpaired) electrons. The number of carboxylic acids is 1. The van der Waals surface area contributed by atoms with Crippen molar-refractivity contribution in [2.24, 2.45) is 0 Å². The zero-order chi connectivity index (χ0) is 12.8. The van der Waals surface area contributed by atoms with Gasteiger partial charge in [-0.3, -0.25) is 4.79 Å². The van der Waals surface area contributed by atoms with E-state index in [0.717, 1.165) is 0 Å². The molecule has 0 aliphatic rings. The van der Waals surface area contributed by atoms with Crippen LogP contribution in [0.1, 0.15) is 15.4 Å². The number of aromatic carboxylic acids is 1. The van der Waals surface area contributed by atoms with Crippen LogP contribution in [0.25, 0.3) is 10.9 Å². The number of halogens is 3. The fourth-order valence-electron chi connectivity index (χ4n) is 1.35. The van der Waals surface area contributed by atoms with Gasteiger partial charge < -0.3 is 10.1 Å². The molecular formula is C9H4F3NO3S. The number of rotatable bonds is 1. The second kappa shape index (κ2) is 3.59. The standard InChI is InChI=1S/C9H4F3NO3S/c10-9(11,12)5-1-4(14)3-2-17-7(8(15)16)6(3)13-5/h1-2,13H,(H,15,16). The minimum absolute atomic E-state index is 0.0552. The van der Waals surface area contributed by atoms with Crippen LogP contribution in [0, 0.1) is 0 Å². The Kier molecular flexibility index (Phi) is 2.46. The molecule has 2 N–H and O–H groups in total. The predicted molar refractivity (Wildman–Crippen MR) is 54.4 cm³/mol. The highest BCUT2D eigenvalue weighted by atomic mass is 32.1. The van der Waals surface area contributed by atoms with E-state index in [1.165, 1.54) is 5.38 Å². The zero-order valence-electron chi connectivity index (χ0n) is 7.96. The number of hydrogen-bond donors (Lipinski definition) is 2. The summed E-state index contributed by atoms with van der Waals surface area (Å²) in [6.07, 6.45) is -4.72. The number of carboxylic acid groups (broad SMARTS) is 1. The van der Waals surface area contributed by atoms with Crippen molar-refractivity contribution in [1.29, 1.82) is 0 Å². The van der Waals surface area contributed by atoms with E-state index < -0.39 is 23.3 Å². The summed E-state index contributed by atoms with van der Waals surface area (Å²) in [4.78, 5) is 23.8. The Morgan fingerprint density at radius 1 is 1.41 bits per heavy atom. The van der Waals surface area contributed by atoms with Crippen LogP contribution in [0.3, 0.4) is 0 Å². The maximum Gasteiger partial charge on any atom is 0.431 e. The van der Waals surface area contributed by atoms with Crippen molar-refractivity contribution < 1.29 is 23.1 Å². The average molecular weight is 263 g/mol. The Hall–Kier alpha value is -1.83. The third kappa shape index (κ3) is 1.91. The van der Waals surface area contributed by atoms with Gasteiger partial charge in [-0.25, -0.2) is 4.79 Å². The molecule has 90 valence electrons. The Labute approximate surface area is 95.3 Å². The highest BCUT2D eigenvalue weighted by Gasteiger charge is 2.33. The minimum atomic E-state index is -4.72. The second-order valence-corrected chi connectivity index (χ2v) is 4.08. The van der Waals surface area contributed by atoms with Gasteiger partial charge in [-0.1, -0.05) is 0 Å². The number of H-pyrrole nitrogens is 1. The summed E-state index contributed by atoms with van der Waals surface area (Å²) >= 11 is 0.706. The van der Waals surface area contributed by atoms with Crippen LogP contribution in [0.15, 0.2) is 16.2 Å². The molecular weight excluding hydrogens is 259 g/mol. The molecule has 4 nitrogen and oxygen atoms in total. The largest absolute Gasteiger partial charge is 0.477 e. The maximum absolute atomic E-state index is 12.4. The molecule has 0 fully saturated rings. The molecule has 0 atom stereocenters. The molecule has 0 unspecified atom stereocenters. The Morgan fingerprint density at radius 2 is 2.06 bits per heavy atom. The van der Waals surface area contributed by atoms with Crippen LogP contribution >= 0.6 is 11.3 Å². The molecule has 2 heterocycles. The van der Waals surface area contributed by atoms with E-state index in [9.17, 15) is 22.8 Å². The lowest BCUT2D eigenvalue weighted by Crippen LogP contribution is -2.13. The van der Waals surface area contributed by atoms with Gasteiger partial charge in [0.05, 0.1) is 10.9 Å². The van der Waals surface area contributed by atoms with Gasteiger partial charge >= 0.3 is 12.1 Å². The first kappa shape index (κ1) is 11.6. The Morgan fingerprint density at radius 3 is 2.59 bits per heavy atom. The number of aromatic nitrogens is 1. The summed E-state index contributed by atoms with van der Waals surface area (Å²) in [6.45, 7) is 0. The molecule has 2 aromatic heterocycles. The first-order valence-corrected chi connectivity index (χ1v) is 5.13. The third-order valence-corrected chi connectivity index (χ3v) is 3.06. The number of carbonyl (C=O) groups is 1. The van der Waals surface area contributed by atoms with Crippen LogP contribution in [0.5, 0.6) is 0 Å². The van der Waals surface area contributed by atoms with E-state index in [1.807, 2.05) is 4.98 Å². The fourth-order valence-corrected chi connectivity index (χ4v) is 2.20. The van der Waals surface area contributed by atoms with Crippen molar-refractivity contribution in [3.8, 4) is 0 Å². The number of nitrogens with one attached hydrogen (secondary N) is 1. The first-order valence-electron chi connectivity index (χ1n) is 4.25. The van der Waals surface area contributed by atoms with E-state index in [2.05, 4.69) is 0 Å². The summed E-state index contributed by atoms with van der Waals surface area (Å²) in [7, 11) is 0. The van der Waals surface area contributed by atoms with Crippen molar-refractivity contribution in [1.82, 2.24) is 4.98 Å². The Balaban J connectivity index is 2.83. The van der Waals surface area contributed by atoms with E-state index in [-0.39, 0.29) is 15.8 Å². The molecule has 0 aliphatic heterocycles. The Bertz CT molecular complexity index is 656. The number of pyridine rings is 1. The molecule has 2 aromatic rings. The van der Waals surface area contributed by atoms with Gasteiger partial charge in [0.15, 0.2) is 5.43 Å². The van der Waals surface area contributed by atoms with E-state index in [1.54, 1.807) is 0 Å². The number of fused-ring (bicyclic) bond motifs is 1. The van der Waals surface area contributed by atoms with Gasteiger partial charge in [0.25, 0.3) is 0 Å². The van der Waals surface area contributed by atoms with Gasteiger partial charge in [0.1, 0.15) is 10.6 Å². The van der Waals surface area contributed by atoms with E-state index in [0.29, 0.717) is 17.4 Å². The molecule has 0 aliphatic carbocycles. The monoisotopic (exact) mass is 263 g/mol. The number of alkyl halides is 3. The summed E-state index contributed by atoms with van der Waals surface area (Å²) in [5, 5.41) is 9.93. The second-order valence-electron chi connectivity index (χ2n) is 3.20. The first-order chi connectivity index (χ1) is 7.80. The van der Waals surface area contributed by atoms with Crippen LogP contribution in [-0.4, -0.2) is 16.1 Å². The minimum Gasteiger partial charge on any atom is -0.477 e. The van der Waals surface area contributed by atoms with Gasteiger partial charge in [-0.2, -0.15) is 13.2 Å². The molecule has 8 heteroatoms. The van der Waals surface area contributed by atoms with Crippen molar-refractivity contribution in [2.45, 2.75) is 6.18 Å². The SMILES string of the molecule is O=C(O)c1scc2c(=O)cc(C(F)(F)F)[nH]c12. The molecule has 0 saturated carbocycles. The normalized spacial score (nSPS) is 11.9. The van der Waals surface area contributed by atoms with Gasteiger partial charge in [0, 0.05) is 11.4 Å².